The van der Waals surface area contributed by atoms with Crippen LogP contribution in [0.25, 0.3) is 6.08 Å². The molecule has 1 aliphatic carbocycles. The smallest absolute Gasteiger partial charge is 0.336 e. The van der Waals surface area contributed by atoms with Crippen LogP contribution in [-0.2, 0) is 25.7 Å². The zero-order valence-corrected chi connectivity index (χ0v) is 17.7. The van der Waals surface area contributed by atoms with Crippen molar-refractivity contribution >= 4 is 40.7 Å². The van der Waals surface area contributed by atoms with Gasteiger partial charge in [-0.15, -0.1) is 22.7 Å². The van der Waals surface area contributed by atoms with Crippen molar-refractivity contribution in [2.45, 2.75) is 43.4 Å². The summed E-state index contributed by atoms with van der Waals surface area (Å²) in [4.78, 5) is 25.8. The summed E-state index contributed by atoms with van der Waals surface area (Å²) in [5.41, 5.74) is -1.78. The van der Waals surface area contributed by atoms with Crippen LogP contribution in [0.1, 0.15) is 22.6 Å². The van der Waals surface area contributed by atoms with E-state index in [1.165, 1.54) is 35.9 Å². The average molecular weight is 455 g/mol. The number of rotatable bonds is 8. The molecule has 2 aromatic heterocycles. The SMILES string of the molecule is COc1ccsc1/C=C/C(=O)O[C@@H]1C[C@](OCc2cccs2)(C(=O)O)C[C@H](O)[C@H]1O. The lowest BCUT2D eigenvalue weighted by atomic mass is 9.79. The van der Waals surface area contributed by atoms with Crippen LogP contribution < -0.4 is 4.74 Å². The van der Waals surface area contributed by atoms with Crippen molar-refractivity contribution in [3.63, 3.8) is 0 Å². The summed E-state index contributed by atoms with van der Waals surface area (Å²) >= 11 is 2.78. The molecule has 3 N–H and O–H groups in total. The van der Waals surface area contributed by atoms with Crippen LogP contribution >= 0.6 is 22.7 Å². The van der Waals surface area contributed by atoms with E-state index in [0.717, 1.165) is 11.0 Å². The predicted molar refractivity (Wildman–Crippen MR) is 111 cm³/mol. The lowest BCUT2D eigenvalue weighted by molar-refractivity contribution is -0.209. The standard InChI is InChI=1S/C20H22O8S2/c1-26-14-6-8-30-16(14)4-5-17(22)28-15-10-20(19(24)25,9-13(21)18(15)23)27-11-12-3-2-7-29-12/h2-8,13,15,18,21,23H,9-11H2,1H3,(H,24,25)/b5-4+/t13-,15+,18+,20-/m0/s1. The monoisotopic (exact) mass is 454 g/mol. The predicted octanol–water partition coefficient (Wildman–Crippen LogP) is 2.30. The number of carbonyl (C=O) groups excluding carboxylic acids is 1. The van der Waals surface area contributed by atoms with E-state index in [1.807, 2.05) is 11.4 Å². The van der Waals surface area contributed by atoms with Crippen molar-refractivity contribution in [3.05, 3.63) is 44.8 Å². The van der Waals surface area contributed by atoms with Crippen LogP contribution in [0.5, 0.6) is 5.75 Å². The fraction of sp³-hybridized carbons (Fsp3) is 0.400. The first-order valence-corrected chi connectivity index (χ1v) is 10.9. The Labute approximate surface area is 180 Å². The van der Waals surface area contributed by atoms with E-state index in [2.05, 4.69) is 0 Å². The maximum Gasteiger partial charge on any atom is 0.336 e. The fourth-order valence-electron chi connectivity index (χ4n) is 3.24. The molecule has 0 amide bonds. The Bertz CT molecular complexity index is 891. The van der Waals surface area contributed by atoms with E-state index >= 15 is 0 Å². The van der Waals surface area contributed by atoms with E-state index in [0.29, 0.717) is 10.6 Å². The van der Waals surface area contributed by atoms with Gasteiger partial charge >= 0.3 is 11.9 Å². The first-order chi connectivity index (χ1) is 14.3. The number of thiophene rings is 2. The van der Waals surface area contributed by atoms with Crippen molar-refractivity contribution in [1.29, 1.82) is 0 Å². The third-order valence-electron chi connectivity index (χ3n) is 4.82. The highest BCUT2D eigenvalue weighted by atomic mass is 32.1. The molecule has 30 heavy (non-hydrogen) atoms. The molecule has 1 aliphatic rings. The number of carboxylic acids is 1. The van der Waals surface area contributed by atoms with Gasteiger partial charge < -0.3 is 29.5 Å². The van der Waals surface area contributed by atoms with Gasteiger partial charge in [0.25, 0.3) is 0 Å². The third kappa shape index (κ3) is 5.08. The molecule has 0 aromatic carbocycles. The van der Waals surface area contributed by atoms with Gasteiger partial charge in [-0.1, -0.05) is 6.07 Å². The molecule has 0 saturated heterocycles. The lowest BCUT2D eigenvalue weighted by Gasteiger charge is -2.41. The Morgan fingerprint density at radius 1 is 1.23 bits per heavy atom. The molecule has 0 aliphatic heterocycles. The van der Waals surface area contributed by atoms with Gasteiger partial charge in [-0.25, -0.2) is 9.59 Å². The Morgan fingerprint density at radius 2 is 2.03 bits per heavy atom. The molecule has 3 rings (SSSR count). The fourth-order valence-corrected chi connectivity index (χ4v) is 4.60. The molecule has 10 heteroatoms. The molecule has 0 spiro atoms. The molecule has 2 aromatic rings. The summed E-state index contributed by atoms with van der Waals surface area (Å²) < 4.78 is 16.1. The highest BCUT2D eigenvalue weighted by molar-refractivity contribution is 7.11. The number of aliphatic hydroxyl groups is 2. The number of aliphatic carboxylic acids is 1. The van der Waals surface area contributed by atoms with E-state index in [1.54, 1.807) is 17.5 Å². The van der Waals surface area contributed by atoms with Gasteiger partial charge in [-0.3, -0.25) is 0 Å². The van der Waals surface area contributed by atoms with E-state index < -0.39 is 35.9 Å². The lowest BCUT2D eigenvalue weighted by Crippen LogP contribution is -2.58. The van der Waals surface area contributed by atoms with Gasteiger partial charge in [0.2, 0.25) is 0 Å². The number of hydrogen-bond acceptors (Lipinski definition) is 9. The van der Waals surface area contributed by atoms with Crippen LogP contribution in [-0.4, -0.2) is 58.3 Å². The molecule has 0 unspecified atom stereocenters. The minimum atomic E-state index is -1.78. The largest absolute Gasteiger partial charge is 0.495 e. The summed E-state index contributed by atoms with van der Waals surface area (Å²) in [6.07, 6.45) is -2.00. The summed E-state index contributed by atoms with van der Waals surface area (Å²) in [5.74, 6) is -1.46. The number of methoxy groups -OCH3 is 1. The maximum atomic E-state index is 12.3. The third-order valence-corrected chi connectivity index (χ3v) is 6.53. The second kappa shape index (κ2) is 9.71. The van der Waals surface area contributed by atoms with Gasteiger partial charge in [0.15, 0.2) is 5.60 Å². The topological polar surface area (TPSA) is 123 Å². The normalized spacial score (nSPS) is 26.6. The summed E-state index contributed by atoms with van der Waals surface area (Å²) in [6, 6.07) is 5.37. The first kappa shape index (κ1) is 22.4. The minimum absolute atomic E-state index is 0.0333. The average Bonchev–Trinajstić information content (AvgIpc) is 3.39. The Kier molecular flexibility index (Phi) is 7.27. The summed E-state index contributed by atoms with van der Waals surface area (Å²) in [7, 11) is 1.51. The zero-order chi connectivity index (χ0) is 21.7. The molecule has 1 saturated carbocycles. The molecular weight excluding hydrogens is 432 g/mol. The van der Waals surface area contributed by atoms with Crippen molar-refractivity contribution in [3.8, 4) is 5.75 Å². The van der Waals surface area contributed by atoms with Crippen LogP contribution in [0.3, 0.4) is 0 Å². The van der Waals surface area contributed by atoms with Crippen molar-refractivity contribution in [2.75, 3.05) is 7.11 Å². The zero-order valence-electron chi connectivity index (χ0n) is 16.1. The molecule has 4 atom stereocenters. The molecule has 0 radical (unpaired) electrons. The van der Waals surface area contributed by atoms with Gasteiger partial charge in [-0.2, -0.15) is 0 Å². The number of hydrogen-bond donors (Lipinski definition) is 3. The van der Waals surface area contributed by atoms with Crippen LogP contribution in [0, 0.1) is 0 Å². The Hall–Kier alpha value is -2.24. The number of aliphatic hydroxyl groups excluding tert-OH is 2. The number of esters is 1. The second-order valence-electron chi connectivity index (χ2n) is 6.80. The van der Waals surface area contributed by atoms with Gasteiger partial charge in [0.1, 0.15) is 18.0 Å². The second-order valence-corrected chi connectivity index (χ2v) is 8.78. The van der Waals surface area contributed by atoms with Crippen molar-refractivity contribution in [2.24, 2.45) is 0 Å². The Balaban J connectivity index is 1.71. The van der Waals surface area contributed by atoms with E-state index in [-0.39, 0.29) is 19.4 Å². The molecule has 1 fully saturated rings. The molecule has 8 nitrogen and oxygen atoms in total. The summed E-state index contributed by atoms with van der Waals surface area (Å²) in [6.45, 7) is 0.0333. The number of ether oxygens (including phenoxy) is 3. The summed E-state index contributed by atoms with van der Waals surface area (Å²) in [5, 5.41) is 33.9. The number of carbonyl (C=O) groups is 2. The van der Waals surface area contributed by atoms with Crippen LogP contribution in [0.4, 0.5) is 0 Å². The van der Waals surface area contributed by atoms with Gasteiger partial charge in [0, 0.05) is 23.8 Å². The van der Waals surface area contributed by atoms with Crippen molar-refractivity contribution < 1.29 is 39.1 Å². The number of carboxylic acid groups (broad SMARTS) is 1. The van der Waals surface area contributed by atoms with Gasteiger partial charge in [-0.05, 0) is 29.0 Å². The van der Waals surface area contributed by atoms with E-state index in [4.69, 9.17) is 14.2 Å². The molecular formula is C20H22O8S2. The highest BCUT2D eigenvalue weighted by Gasteiger charge is 2.52. The molecule has 162 valence electrons. The maximum absolute atomic E-state index is 12.3. The quantitative estimate of drug-likeness (QED) is 0.410. The first-order valence-electron chi connectivity index (χ1n) is 9.10. The van der Waals surface area contributed by atoms with Crippen molar-refractivity contribution in [1.82, 2.24) is 0 Å². The minimum Gasteiger partial charge on any atom is -0.495 e. The van der Waals surface area contributed by atoms with Gasteiger partial charge in [0.05, 0.1) is 24.7 Å². The van der Waals surface area contributed by atoms with E-state index in [9.17, 15) is 24.9 Å². The molecule has 0 bridgehead atoms. The molecule has 2 heterocycles. The Morgan fingerprint density at radius 3 is 2.70 bits per heavy atom. The highest BCUT2D eigenvalue weighted by Crippen LogP contribution is 2.36. The van der Waals surface area contributed by atoms with Crippen LogP contribution in [0.2, 0.25) is 0 Å². The van der Waals surface area contributed by atoms with Crippen LogP contribution in [0.15, 0.2) is 35.0 Å².